The summed E-state index contributed by atoms with van der Waals surface area (Å²) in [6.07, 6.45) is 0.751. The van der Waals surface area contributed by atoms with E-state index in [2.05, 4.69) is 12.2 Å². The van der Waals surface area contributed by atoms with Crippen molar-refractivity contribution in [3.63, 3.8) is 0 Å². The molecular weight excluding hydrogens is 366 g/mol. The Balaban J connectivity index is 2.41. The number of anilines is 1. The molecule has 0 saturated carbocycles. The Bertz CT molecular complexity index is 779. The van der Waals surface area contributed by atoms with Gasteiger partial charge in [0.25, 0.3) is 5.91 Å². The predicted octanol–water partition coefficient (Wildman–Crippen LogP) is 5.86. The van der Waals surface area contributed by atoms with E-state index in [1.54, 1.807) is 12.1 Å². The molecule has 158 valence electrons. The van der Waals surface area contributed by atoms with E-state index in [-0.39, 0.29) is 24.2 Å². The van der Waals surface area contributed by atoms with Crippen molar-refractivity contribution >= 4 is 11.6 Å². The highest BCUT2D eigenvalue weighted by molar-refractivity contribution is 6.05. The SMILES string of the molecule is CCc1ccc(NC(=O)c2cc(OC(C)C)c(OC(C)C)c(OC(C)C)c2)cc1. The molecule has 0 aromatic heterocycles. The van der Waals surface area contributed by atoms with Crippen LogP contribution in [0.2, 0.25) is 0 Å². The first-order valence-electron chi connectivity index (χ1n) is 10.3. The first-order chi connectivity index (χ1) is 13.7. The Labute approximate surface area is 174 Å². The van der Waals surface area contributed by atoms with Crippen molar-refractivity contribution in [1.29, 1.82) is 0 Å². The molecule has 0 aliphatic rings. The van der Waals surface area contributed by atoms with Crippen molar-refractivity contribution < 1.29 is 19.0 Å². The second-order valence-electron chi connectivity index (χ2n) is 7.81. The van der Waals surface area contributed by atoms with Crippen LogP contribution in [0.15, 0.2) is 36.4 Å². The van der Waals surface area contributed by atoms with Crippen LogP contribution in [0, 0.1) is 0 Å². The minimum Gasteiger partial charge on any atom is -0.487 e. The molecule has 1 N–H and O–H groups in total. The van der Waals surface area contributed by atoms with Crippen molar-refractivity contribution in [3.8, 4) is 17.2 Å². The molecule has 1 amide bonds. The normalized spacial score (nSPS) is 11.1. The number of hydrogen-bond donors (Lipinski definition) is 1. The molecule has 0 aliphatic heterocycles. The number of carbonyl (C=O) groups is 1. The van der Waals surface area contributed by atoms with Gasteiger partial charge >= 0.3 is 0 Å². The molecule has 0 unspecified atom stereocenters. The smallest absolute Gasteiger partial charge is 0.255 e. The van der Waals surface area contributed by atoms with Gasteiger partial charge in [0.1, 0.15) is 0 Å². The maximum Gasteiger partial charge on any atom is 0.255 e. The maximum atomic E-state index is 12.9. The first kappa shape index (κ1) is 22.6. The minimum atomic E-state index is -0.229. The highest BCUT2D eigenvalue weighted by Gasteiger charge is 2.21. The molecule has 0 spiro atoms. The third-order valence-corrected chi connectivity index (χ3v) is 3.98. The number of nitrogens with one attached hydrogen (secondary N) is 1. The quantitative estimate of drug-likeness (QED) is 0.573. The Kier molecular flexibility index (Phi) is 7.94. The number of aryl methyl sites for hydroxylation is 1. The van der Waals surface area contributed by atoms with Crippen LogP contribution in [0.3, 0.4) is 0 Å². The zero-order chi connectivity index (χ0) is 21.6. The van der Waals surface area contributed by atoms with Gasteiger partial charge in [-0.05, 0) is 77.8 Å². The molecule has 29 heavy (non-hydrogen) atoms. The van der Waals surface area contributed by atoms with Crippen LogP contribution < -0.4 is 19.5 Å². The summed E-state index contributed by atoms with van der Waals surface area (Å²) in [5, 5.41) is 2.94. The zero-order valence-corrected chi connectivity index (χ0v) is 18.5. The molecule has 0 bridgehead atoms. The van der Waals surface area contributed by atoms with Crippen LogP contribution in [0.25, 0.3) is 0 Å². The topological polar surface area (TPSA) is 56.8 Å². The highest BCUT2D eigenvalue weighted by atomic mass is 16.6. The average molecular weight is 400 g/mol. The average Bonchev–Trinajstić information content (AvgIpc) is 2.63. The first-order valence-corrected chi connectivity index (χ1v) is 10.3. The Hall–Kier alpha value is -2.69. The number of benzene rings is 2. The fourth-order valence-corrected chi connectivity index (χ4v) is 2.77. The summed E-state index contributed by atoms with van der Waals surface area (Å²) in [6.45, 7) is 13.7. The van der Waals surface area contributed by atoms with Gasteiger partial charge in [-0.25, -0.2) is 0 Å². The summed E-state index contributed by atoms with van der Waals surface area (Å²) in [6, 6.07) is 11.3. The standard InChI is InChI=1S/C24H33NO4/c1-8-18-9-11-20(12-10-18)25-24(26)19-13-21(27-15(2)3)23(29-17(6)7)22(14-19)28-16(4)5/h9-17H,8H2,1-7H3,(H,25,26). The lowest BCUT2D eigenvalue weighted by Crippen LogP contribution is -2.17. The molecule has 2 aromatic rings. The van der Waals surface area contributed by atoms with Crippen LogP contribution in [0.4, 0.5) is 5.69 Å². The summed E-state index contributed by atoms with van der Waals surface area (Å²) in [5.41, 5.74) is 2.41. The lowest BCUT2D eigenvalue weighted by molar-refractivity contribution is 0.102. The molecule has 5 heteroatoms. The van der Waals surface area contributed by atoms with E-state index in [0.29, 0.717) is 22.8 Å². The lowest BCUT2D eigenvalue weighted by Gasteiger charge is -2.22. The molecule has 2 rings (SSSR count). The van der Waals surface area contributed by atoms with E-state index in [9.17, 15) is 4.79 Å². The predicted molar refractivity (Wildman–Crippen MR) is 118 cm³/mol. The van der Waals surface area contributed by atoms with E-state index >= 15 is 0 Å². The van der Waals surface area contributed by atoms with Gasteiger partial charge < -0.3 is 19.5 Å². The highest BCUT2D eigenvalue weighted by Crippen LogP contribution is 2.41. The number of ether oxygens (including phenoxy) is 3. The molecule has 0 saturated heterocycles. The van der Waals surface area contributed by atoms with Gasteiger partial charge in [0, 0.05) is 11.3 Å². The van der Waals surface area contributed by atoms with Crippen molar-refractivity contribution in [1.82, 2.24) is 0 Å². The number of hydrogen-bond acceptors (Lipinski definition) is 4. The van der Waals surface area contributed by atoms with Gasteiger partial charge in [-0.15, -0.1) is 0 Å². The minimum absolute atomic E-state index is 0.0595. The number of amides is 1. The molecule has 2 aromatic carbocycles. The van der Waals surface area contributed by atoms with Crippen molar-refractivity contribution in [3.05, 3.63) is 47.5 Å². The van der Waals surface area contributed by atoms with Crippen LogP contribution in [-0.4, -0.2) is 24.2 Å². The van der Waals surface area contributed by atoms with Crippen molar-refractivity contribution in [2.75, 3.05) is 5.32 Å². The van der Waals surface area contributed by atoms with Gasteiger partial charge in [0.15, 0.2) is 11.5 Å². The Morgan fingerprint density at radius 1 is 0.828 bits per heavy atom. The van der Waals surface area contributed by atoms with E-state index in [1.807, 2.05) is 65.8 Å². The third kappa shape index (κ3) is 6.70. The van der Waals surface area contributed by atoms with Gasteiger partial charge in [0.2, 0.25) is 5.75 Å². The molecule has 0 aliphatic carbocycles. The number of rotatable bonds is 9. The molecule has 0 atom stereocenters. The fourth-order valence-electron chi connectivity index (χ4n) is 2.77. The number of carbonyl (C=O) groups excluding carboxylic acids is 1. The summed E-state index contributed by atoms with van der Waals surface area (Å²) in [7, 11) is 0. The van der Waals surface area contributed by atoms with E-state index < -0.39 is 0 Å². The maximum absolute atomic E-state index is 12.9. The van der Waals surface area contributed by atoms with E-state index in [1.165, 1.54) is 5.56 Å². The van der Waals surface area contributed by atoms with E-state index in [0.717, 1.165) is 12.1 Å². The zero-order valence-electron chi connectivity index (χ0n) is 18.5. The largest absolute Gasteiger partial charge is 0.487 e. The van der Waals surface area contributed by atoms with Crippen LogP contribution in [0.5, 0.6) is 17.2 Å². The Morgan fingerprint density at radius 2 is 1.31 bits per heavy atom. The van der Waals surface area contributed by atoms with Gasteiger partial charge in [-0.3, -0.25) is 4.79 Å². The monoisotopic (exact) mass is 399 g/mol. The van der Waals surface area contributed by atoms with Crippen molar-refractivity contribution in [2.24, 2.45) is 0 Å². The van der Waals surface area contributed by atoms with Gasteiger partial charge in [0.05, 0.1) is 18.3 Å². The van der Waals surface area contributed by atoms with Crippen LogP contribution >= 0.6 is 0 Å². The molecular formula is C24H33NO4. The molecule has 0 radical (unpaired) electrons. The molecule has 0 heterocycles. The van der Waals surface area contributed by atoms with Crippen molar-refractivity contribution in [2.45, 2.75) is 73.2 Å². The van der Waals surface area contributed by atoms with Gasteiger partial charge in [-0.1, -0.05) is 19.1 Å². The molecule has 5 nitrogen and oxygen atoms in total. The van der Waals surface area contributed by atoms with Crippen LogP contribution in [0.1, 0.15) is 64.4 Å². The summed E-state index contributed by atoms with van der Waals surface area (Å²) in [5.74, 6) is 1.29. The van der Waals surface area contributed by atoms with Gasteiger partial charge in [-0.2, -0.15) is 0 Å². The second kappa shape index (κ2) is 10.2. The molecule has 0 fully saturated rings. The Morgan fingerprint density at radius 3 is 1.72 bits per heavy atom. The summed E-state index contributed by atoms with van der Waals surface area (Å²) < 4.78 is 17.9. The summed E-state index contributed by atoms with van der Waals surface area (Å²) >= 11 is 0. The third-order valence-electron chi connectivity index (χ3n) is 3.98. The summed E-state index contributed by atoms with van der Waals surface area (Å²) in [4.78, 5) is 12.9. The van der Waals surface area contributed by atoms with Crippen LogP contribution in [-0.2, 0) is 6.42 Å². The fraction of sp³-hybridized carbons (Fsp3) is 0.458. The van der Waals surface area contributed by atoms with E-state index in [4.69, 9.17) is 14.2 Å². The lowest BCUT2D eigenvalue weighted by atomic mass is 10.1. The second-order valence-corrected chi connectivity index (χ2v) is 7.81.